The van der Waals surface area contributed by atoms with Crippen molar-refractivity contribution in [3.63, 3.8) is 0 Å². The summed E-state index contributed by atoms with van der Waals surface area (Å²) in [6, 6.07) is 57.0. The molecule has 0 amide bonds. The first-order valence-corrected chi connectivity index (χ1v) is 14.8. The van der Waals surface area contributed by atoms with Gasteiger partial charge in [-0.25, -0.2) is 0 Å². The van der Waals surface area contributed by atoms with E-state index >= 15 is 0 Å². The van der Waals surface area contributed by atoms with Gasteiger partial charge in [0.25, 0.3) is 0 Å². The lowest BCUT2D eigenvalue weighted by Crippen LogP contribution is -2.44. The highest BCUT2D eigenvalue weighted by Crippen LogP contribution is 2.51. The summed E-state index contributed by atoms with van der Waals surface area (Å²) < 4.78 is 8.00. The fourth-order valence-electron chi connectivity index (χ4n) is 5.96. The van der Waals surface area contributed by atoms with Crippen molar-refractivity contribution in [1.29, 1.82) is 0 Å². The molecule has 0 unspecified atom stereocenters. The van der Waals surface area contributed by atoms with Crippen LogP contribution in [0.15, 0.2) is 170 Å². The van der Waals surface area contributed by atoms with E-state index in [1.54, 1.807) is 0 Å². The number of rotatable bonds is 12. The van der Waals surface area contributed by atoms with E-state index in [4.69, 9.17) is 24.3 Å². The van der Waals surface area contributed by atoms with Crippen LogP contribution in [-0.4, -0.2) is 14.2 Å². The Morgan fingerprint density at radius 1 is 0.311 bits per heavy atom. The minimum absolute atomic E-state index is 0.586. The maximum absolute atomic E-state index is 8.00. The third kappa shape index (κ3) is 5.85. The minimum Gasteiger partial charge on any atom is -0.340 e. The summed E-state index contributed by atoms with van der Waals surface area (Å²) in [6.07, 6.45) is 0. The molecule has 0 aromatic heterocycles. The Morgan fingerprint density at radius 2 is 0.556 bits per heavy atom. The molecule has 0 spiro atoms. The normalized spacial score (nSPS) is 11.6. The van der Waals surface area contributed by atoms with Gasteiger partial charge in [-0.3, -0.25) is 0 Å². The minimum atomic E-state index is -1.10. The second kappa shape index (κ2) is 13.6. The van der Waals surface area contributed by atoms with Gasteiger partial charge in [-0.05, 0) is 57.6 Å². The van der Waals surface area contributed by atoms with Crippen molar-refractivity contribution < 1.29 is 24.3 Å². The molecule has 0 aliphatic heterocycles. The van der Waals surface area contributed by atoms with Gasteiger partial charge in [-0.15, -0.1) is 0 Å². The predicted molar refractivity (Wildman–Crippen MR) is 175 cm³/mol. The van der Waals surface area contributed by atoms with E-state index in [0.29, 0.717) is 11.5 Å². The number of ether oxygens (including phenoxy) is 1. The van der Waals surface area contributed by atoms with Crippen LogP contribution < -0.4 is 9.78 Å². The van der Waals surface area contributed by atoms with Crippen LogP contribution in [0.25, 0.3) is 0 Å². The Bertz CT molecular complexity index is 1540. The molecule has 0 radical (unpaired) electrons. The molecule has 6 aromatic rings. The van der Waals surface area contributed by atoms with Crippen LogP contribution in [0.4, 0.5) is 0 Å². The highest BCUT2D eigenvalue weighted by Gasteiger charge is 2.49. The largest absolute Gasteiger partial charge is 0.340 e. The Hall–Kier alpha value is -5.20. The molecule has 0 saturated carbocycles. The Morgan fingerprint density at radius 3 is 0.800 bits per heavy atom. The summed E-state index contributed by atoms with van der Waals surface area (Å²) in [7, 11) is 2.98. The molecular formula is C40H34O5. The van der Waals surface area contributed by atoms with Crippen LogP contribution in [-0.2, 0) is 25.7 Å². The van der Waals surface area contributed by atoms with Crippen LogP contribution in [0.2, 0.25) is 0 Å². The first-order valence-electron chi connectivity index (χ1n) is 14.8. The maximum atomic E-state index is 8.00. The van der Waals surface area contributed by atoms with Crippen molar-refractivity contribution in [3.05, 3.63) is 203 Å². The summed E-state index contributed by atoms with van der Waals surface area (Å²) in [5, 5.41) is 0. The second-order valence-corrected chi connectivity index (χ2v) is 10.5. The molecule has 45 heavy (non-hydrogen) atoms. The van der Waals surface area contributed by atoms with Crippen LogP contribution in [0.3, 0.4) is 0 Å². The van der Waals surface area contributed by atoms with E-state index in [1.165, 1.54) is 14.2 Å². The molecule has 0 atom stereocenters. The average Bonchev–Trinajstić information content (AvgIpc) is 3.12. The first-order chi connectivity index (χ1) is 22.2. The third-order valence-electron chi connectivity index (χ3n) is 7.91. The van der Waals surface area contributed by atoms with Crippen molar-refractivity contribution in [2.45, 2.75) is 11.2 Å². The molecule has 0 aliphatic rings. The van der Waals surface area contributed by atoms with Gasteiger partial charge >= 0.3 is 0 Å². The standard InChI is InChI=1S/C40H34O5/c1-41-43-37-27-23-35(24-28-37)39(31-15-7-3-8-16-31,32-17-9-4-10-18-32)45-40(33-19-11-5-12-20-33,34-21-13-6-14-22-34)36-25-29-38(30-26-36)44-42-2/h3-30H,1-2H3. The topological polar surface area (TPSA) is 46.2 Å². The summed E-state index contributed by atoms with van der Waals surface area (Å²) in [4.78, 5) is 20.6. The molecule has 0 heterocycles. The summed E-state index contributed by atoms with van der Waals surface area (Å²) in [5.41, 5.74) is 3.50. The predicted octanol–water partition coefficient (Wildman–Crippen LogP) is 8.87. The molecule has 5 heteroatoms. The third-order valence-corrected chi connectivity index (χ3v) is 7.91. The molecule has 0 saturated heterocycles. The van der Waals surface area contributed by atoms with E-state index in [0.717, 1.165) is 33.4 Å². The number of hydrogen-bond donors (Lipinski definition) is 0. The van der Waals surface area contributed by atoms with Crippen LogP contribution in [0.1, 0.15) is 33.4 Å². The maximum Gasteiger partial charge on any atom is 0.165 e. The average molecular weight is 595 g/mol. The molecule has 6 rings (SSSR count). The zero-order valence-electron chi connectivity index (χ0n) is 25.2. The summed E-state index contributed by atoms with van der Waals surface area (Å²) in [6.45, 7) is 0. The van der Waals surface area contributed by atoms with E-state index in [-0.39, 0.29) is 0 Å². The zero-order valence-corrected chi connectivity index (χ0v) is 25.2. The Labute approximate surface area is 264 Å². The van der Waals surface area contributed by atoms with Gasteiger partial charge in [-0.1, -0.05) is 146 Å². The SMILES string of the molecule is COOc1ccc(C(OC(c2ccccc2)(c2ccccc2)c2ccc(OOC)cc2)(c2ccccc2)c2ccccc2)cc1. The lowest BCUT2D eigenvalue weighted by atomic mass is 9.75. The molecule has 5 nitrogen and oxygen atoms in total. The van der Waals surface area contributed by atoms with E-state index < -0.39 is 11.2 Å². The van der Waals surface area contributed by atoms with Crippen molar-refractivity contribution in [2.75, 3.05) is 14.2 Å². The van der Waals surface area contributed by atoms with Crippen molar-refractivity contribution >= 4 is 0 Å². The fourth-order valence-corrected chi connectivity index (χ4v) is 5.96. The lowest BCUT2D eigenvalue weighted by Gasteiger charge is -2.46. The van der Waals surface area contributed by atoms with Crippen molar-refractivity contribution in [2.24, 2.45) is 0 Å². The van der Waals surface area contributed by atoms with Crippen LogP contribution in [0, 0.1) is 0 Å². The smallest absolute Gasteiger partial charge is 0.165 e. The van der Waals surface area contributed by atoms with Crippen molar-refractivity contribution in [1.82, 2.24) is 0 Å². The van der Waals surface area contributed by atoms with E-state index in [9.17, 15) is 0 Å². The van der Waals surface area contributed by atoms with E-state index in [2.05, 4.69) is 48.5 Å². The summed E-state index contributed by atoms with van der Waals surface area (Å²) >= 11 is 0. The molecule has 0 fully saturated rings. The van der Waals surface area contributed by atoms with Gasteiger partial charge in [0.1, 0.15) is 11.2 Å². The van der Waals surface area contributed by atoms with Gasteiger partial charge in [-0.2, -0.15) is 9.78 Å². The monoisotopic (exact) mass is 594 g/mol. The lowest BCUT2D eigenvalue weighted by molar-refractivity contribution is -0.178. The van der Waals surface area contributed by atoms with E-state index in [1.807, 2.05) is 121 Å². The molecule has 0 bridgehead atoms. The van der Waals surface area contributed by atoms with Crippen LogP contribution in [0.5, 0.6) is 11.5 Å². The zero-order chi connectivity index (χ0) is 31.0. The fraction of sp³-hybridized carbons (Fsp3) is 0.100. The first kappa shape index (κ1) is 29.9. The van der Waals surface area contributed by atoms with Crippen LogP contribution >= 0.6 is 0 Å². The second-order valence-electron chi connectivity index (χ2n) is 10.5. The van der Waals surface area contributed by atoms with Gasteiger partial charge in [0, 0.05) is 0 Å². The number of benzene rings is 6. The molecular weight excluding hydrogens is 560 g/mol. The van der Waals surface area contributed by atoms with Gasteiger partial charge in [0.15, 0.2) is 11.5 Å². The summed E-state index contributed by atoms with van der Waals surface area (Å²) in [5.74, 6) is 1.17. The molecule has 0 N–H and O–H groups in total. The molecule has 6 aromatic carbocycles. The highest BCUT2D eigenvalue weighted by atomic mass is 17.2. The van der Waals surface area contributed by atoms with Gasteiger partial charge < -0.3 is 14.5 Å². The number of hydrogen-bond acceptors (Lipinski definition) is 5. The molecule has 0 aliphatic carbocycles. The Balaban J connectivity index is 1.72. The quantitative estimate of drug-likeness (QED) is 0.0805. The van der Waals surface area contributed by atoms with Crippen molar-refractivity contribution in [3.8, 4) is 11.5 Å². The molecule has 224 valence electrons. The Kier molecular flexibility index (Phi) is 9.04. The van der Waals surface area contributed by atoms with Gasteiger partial charge in [0.05, 0.1) is 14.2 Å². The highest BCUT2D eigenvalue weighted by molar-refractivity contribution is 5.54. The van der Waals surface area contributed by atoms with Gasteiger partial charge in [0.2, 0.25) is 0 Å².